The van der Waals surface area contributed by atoms with Gasteiger partial charge in [-0.1, -0.05) is 0 Å². The zero-order valence-corrected chi connectivity index (χ0v) is 6.89. The lowest BCUT2D eigenvalue weighted by Gasteiger charge is -2.02. The molecular weight excluding hydrogens is 170 g/mol. The quantitative estimate of drug-likeness (QED) is 0.462. The molecule has 0 spiro atoms. The molecule has 0 atom stereocenters. The van der Waals surface area contributed by atoms with E-state index in [1.54, 1.807) is 0 Å². The lowest BCUT2D eigenvalue weighted by atomic mass is 10.3. The largest absolute Gasteiger partial charge is 0.466 e. The maximum absolute atomic E-state index is 11.4. The summed E-state index contributed by atoms with van der Waals surface area (Å²) in [7, 11) is 0. The number of hydrogen-bond acceptors (Lipinski definition) is 3. The molecule has 0 unspecified atom stereocenters. The van der Waals surface area contributed by atoms with Gasteiger partial charge in [0, 0.05) is 6.92 Å². The Bertz CT molecular complexity index is 128. The molecule has 72 valence electrons. The molecule has 0 fully saturated rings. The van der Waals surface area contributed by atoms with Crippen molar-refractivity contribution in [1.82, 2.24) is 0 Å². The number of carbonyl (C=O) groups is 1. The number of halogens is 2. The predicted molar refractivity (Wildman–Crippen MR) is 37.8 cm³/mol. The van der Waals surface area contributed by atoms with Gasteiger partial charge in [0.05, 0.1) is 13.2 Å². The summed E-state index contributed by atoms with van der Waals surface area (Å²) in [5.74, 6) is -0.357. The van der Waals surface area contributed by atoms with Crippen molar-refractivity contribution in [2.75, 3.05) is 13.2 Å². The summed E-state index contributed by atoms with van der Waals surface area (Å²) in [5, 5.41) is 0. The second kappa shape index (κ2) is 6.97. The Balaban J connectivity index is 2.96. The molecule has 0 saturated heterocycles. The molecule has 0 rings (SSSR count). The van der Waals surface area contributed by atoms with Crippen molar-refractivity contribution in [3.8, 4) is 0 Å². The molecule has 0 aliphatic carbocycles. The maximum atomic E-state index is 11.4. The summed E-state index contributed by atoms with van der Waals surface area (Å²) in [6.45, 7) is -1.14. The van der Waals surface area contributed by atoms with Gasteiger partial charge in [0.1, 0.15) is 0 Å². The SMILES string of the molecule is CC(=O)OCCCCOC(F)F. The topological polar surface area (TPSA) is 35.5 Å². The fourth-order valence-electron chi connectivity index (χ4n) is 0.592. The van der Waals surface area contributed by atoms with Crippen LogP contribution < -0.4 is 0 Å². The number of carbonyl (C=O) groups excluding carboxylic acids is 1. The third-order valence-electron chi connectivity index (χ3n) is 1.09. The third kappa shape index (κ3) is 9.29. The van der Waals surface area contributed by atoms with Crippen LogP contribution in [-0.4, -0.2) is 25.8 Å². The van der Waals surface area contributed by atoms with Crippen molar-refractivity contribution in [1.29, 1.82) is 0 Å². The van der Waals surface area contributed by atoms with Crippen molar-refractivity contribution in [2.45, 2.75) is 26.4 Å². The van der Waals surface area contributed by atoms with Crippen molar-refractivity contribution in [3.05, 3.63) is 0 Å². The van der Waals surface area contributed by atoms with E-state index in [4.69, 9.17) is 0 Å². The van der Waals surface area contributed by atoms with E-state index in [0.29, 0.717) is 12.8 Å². The molecule has 0 aromatic rings. The van der Waals surface area contributed by atoms with Gasteiger partial charge in [-0.05, 0) is 12.8 Å². The Labute approximate surface area is 69.6 Å². The molecule has 0 saturated carbocycles. The van der Waals surface area contributed by atoms with Gasteiger partial charge in [0.15, 0.2) is 0 Å². The van der Waals surface area contributed by atoms with Crippen molar-refractivity contribution in [2.24, 2.45) is 0 Å². The second-order valence-electron chi connectivity index (χ2n) is 2.18. The fourth-order valence-corrected chi connectivity index (χ4v) is 0.592. The Morgan fingerprint density at radius 2 is 1.92 bits per heavy atom. The zero-order valence-electron chi connectivity index (χ0n) is 6.89. The normalized spacial score (nSPS) is 10.3. The fraction of sp³-hybridized carbons (Fsp3) is 0.857. The molecule has 0 aromatic carbocycles. The van der Waals surface area contributed by atoms with Crippen LogP contribution in [0.25, 0.3) is 0 Å². The highest BCUT2D eigenvalue weighted by Crippen LogP contribution is 1.98. The van der Waals surface area contributed by atoms with Crippen molar-refractivity contribution >= 4 is 5.97 Å². The van der Waals surface area contributed by atoms with E-state index in [0.717, 1.165) is 0 Å². The Morgan fingerprint density at radius 1 is 1.33 bits per heavy atom. The first-order valence-corrected chi connectivity index (χ1v) is 3.66. The number of hydrogen-bond donors (Lipinski definition) is 0. The van der Waals surface area contributed by atoms with Crippen LogP contribution in [0.5, 0.6) is 0 Å². The second-order valence-corrected chi connectivity index (χ2v) is 2.18. The molecule has 12 heavy (non-hydrogen) atoms. The van der Waals surface area contributed by atoms with E-state index in [2.05, 4.69) is 9.47 Å². The molecule has 0 aliphatic heterocycles. The van der Waals surface area contributed by atoms with Gasteiger partial charge >= 0.3 is 12.6 Å². The average Bonchev–Trinajstić information content (AvgIpc) is 1.95. The van der Waals surface area contributed by atoms with Crippen LogP contribution in [0.3, 0.4) is 0 Å². The van der Waals surface area contributed by atoms with Crippen LogP contribution in [0.2, 0.25) is 0 Å². The van der Waals surface area contributed by atoms with Crippen LogP contribution in [0.4, 0.5) is 8.78 Å². The Kier molecular flexibility index (Phi) is 6.55. The molecule has 0 radical (unpaired) electrons. The van der Waals surface area contributed by atoms with E-state index >= 15 is 0 Å². The van der Waals surface area contributed by atoms with Gasteiger partial charge in [-0.15, -0.1) is 0 Å². The molecule has 0 aromatic heterocycles. The zero-order chi connectivity index (χ0) is 9.40. The standard InChI is InChI=1S/C7H12F2O3/c1-6(10)11-4-2-3-5-12-7(8)9/h7H,2-5H2,1H3. The smallest absolute Gasteiger partial charge is 0.345 e. The van der Waals surface area contributed by atoms with E-state index in [1.807, 2.05) is 0 Å². The summed E-state index contributed by atoms with van der Waals surface area (Å²) in [6, 6.07) is 0. The van der Waals surface area contributed by atoms with E-state index < -0.39 is 6.61 Å². The Morgan fingerprint density at radius 3 is 2.42 bits per heavy atom. The van der Waals surface area contributed by atoms with Crippen molar-refractivity contribution < 1.29 is 23.0 Å². The van der Waals surface area contributed by atoms with Crippen LogP contribution in [0, 0.1) is 0 Å². The highest BCUT2D eigenvalue weighted by molar-refractivity contribution is 5.65. The molecule has 0 amide bonds. The maximum Gasteiger partial charge on any atom is 0.345 e. The monoisotopic (exact) mass is 182 g/mol. The number of unbranched alkanes of at least 4 members (excludes halogenated alkanes) is 1. The minimum absolute atomic E-state index is 0.00106. The summed E-state index contributed by atoms with van der Waals surface area (Å²) < 4.78 is 31.3. The lowest BCUT2D eigenvalue weighted by Crippen LogP contribution is -2.04. The molecule has 5 heteroatoms. The van der Waals surface area contributed by atoms with Gasteiger partial charge in [-0.3, -0.25) is 4.79 Å². The number of rotatable bonds is 6. The van der Waals surface area contributed by atoms with Crippen LogP contribution in [0.15, 0.2) is 0 Å². The van der Waals surface area contributed by atoms with Gasteiger partial charge < -0.3 is 9.47 Å². The molecule has 0 aliphatic rings. The average molecular weight is 182 g/mol. The van der Waals surface area contributed by atoms with Crippen LogP contribution in [-0.2, 0) is 14.3 Å². The number of alkyl halides is 2. The molecule has 0 heterocycles. The minimum atomic E-state index is -2.71. The molecular formula is C7H12F2O3. The highest BCUT2D eigenvalue weighted by atomic mass is 19.3. The van der Waals surface area contributed by atoms with E-state index in [9.17, 15) is 13.6 Å². The van der Waals surface area contributed by atoms with Crippen LogP contribution in [0.1, 0.15) is 19.8 Å². The summed E-state index contributed by atoms with van der Waals surface area (Å²) in [4.78, 5) is 10.2. The lowest BCUT2D eigenvalue weighted by molar-refractivity contribution is -0.142. The van der Waals surface area contributed by atoms with Gasteiger partial charge in [0.25, 0.3) is 0 Å². The van der Waals surface area contributed by atoms with Gasteiger partial charge in [-0.25, -0.2) is 0 Å². The molecule has 0 N–H and O–H groups in total. The van der Waals surface area contributed by atoms with Gasteiger partial charge in [-0.2, -0.15) is 8.78 Å². The number of esters is 1. The summed E-state index contributed by atoms with van der Waals surface area (Å²) >= 11 is 0. The van der Waals surface area contributed by atoms with Gasteiger partial charge in [0.2, 0.25) is 0 Å². The van der Waals surface area contributed by atoms with Crippen LogP contribution >= 0.6 is 0 Å². The molecule has 0 bridgehead atoms. The van der Waals surface area contributed by atoms with E-state index in [-0.39, 0.29) is 19.2 Å². The number of ether oxygens (including phenoxy) is 2. The molecule has 3 nitrogen and oxygen atoms in total. The minimum Gasteiger partial charge on any atom is -0.466 e. The summed E-state index contributed by atoms with van der Waals surface area (Å²) in [6.07, 6.45) is 1.02. The van der Waals surface area contributed by atoms with Crippen molar-refractivity contribution in [3.63, 3.8) is 0 Å². The first-order valence-electron chi connectivity index (χ1n) is 3.66. The first-order chi connectivity index (χ1) is 5.63. The highest BCUT2D eigenvalue weighted by Gasteiger charge is 2.00. The predicted octanol–water partition coefficient (Wildman–Crippen LogP) is 1.57. The van der Waals surface area contributed by atoms with E-state index in [1.165, 1.54) is 6.92 Å². The Hall–Kier alpha value is -0.710. The summed E-state index contributed by atoms with van der Waals surface area (Å²) in [5.41, 5.74) is 0. The third-order valence-corrected chi connectivity index (χ3v) is 1.09. The first kappa shape index (κ1) is 11.3.